The molecule has 0 atom stereocenters. The van der Waals surface area contributed by atoms with Crippen molar-refractivity contribution in [1.82, 2.24) is 15.0 Å². The van der Waals surface area contributed by atoms with E-state index in [1.165, 1.54) is 0 Å². The number of halogens is 2. The third kappa shape index (κ3) is 3.14. The Morgan fingerprint density at radius 2 is 1.48 bits per heavy atom. The van der Waals surface area contributed by atoms with E-state index in [1.807, 2.05) is 48.5 Å². The predicted molar refractivity (Wildman–Crippen MR) is 103 cm³/mol. The SMILES string of the molecule is Nc1nc(-c2ccc(Cl)cc2)cc(-c2cc3ccccc3nc2Cl)n1. The molecule has 4 rings (SSSR count). The average Bonchev–Trinajstić information content (AvgIpc) is 2.61. The Hall–Kier alpha value is -2.69. The van der Waals surface area contributed by atoms with E-state index >= 15 is 0 Å². The number of benzene rings is 2. The zero-order chi connectivity index (χ0) is 17.4. The number of nitrogen functional groups attached to an aromatic ring is 1. The van der Waals surface area contributed by atoms with E-state index in [0.29, 0.717) is 27.1 Å². The van der Waals surface area contributed by atoms with E-state index in [9.17, 15) is 0 Å². The predicted octanol–water partition coefficient (Wildman–Crippen LogP) is 5.25. The number of para-hydroxylation sites is 1. The minimum absolute atomic E-state index is 0.173. The Bertz CT molecular complexity index is 1080. The molecule has 0 unspecified atom stereocenters. The van der Waals surface area contributed by atoms with Gasteiger partial charge in [-0.3, -0.25) is 0 Å². The number of anilines is 1. The number of fused-ring (bicyclic) bond motifs is 1. The summed E-state index contributed by atoms with van der Waals surface area (Å²) in [6.45, 7) is 0. The molecule has 0 bridgehead atoms. The molecule has 4 aromatic rings. The topological polar surface area (TPSA) is 64.7 Å². The molecule has 0 spiro atoms. The number of hydrogen-bond acceptors (Lipinski definition) is 4. The van der Waals surface area contributed by atoms with Crippen LogP contribution in [0.1, 0.15) is 0 Å². The molecule has 4 nitrogen and oxygen atoms in total. The maximum absolute atomic E-state index is 6.38. The lowest BCUT2D eigenvalue weighted by Gasteiger charge is -2.09. The summed E-state index contributed by atoms with van der Waals surface area (Å²) in [6, 6.07) is 18.9. The maximum Gasteiger partial charge on any atom is 0.221 e. The van der Waals surface area contributed by atoms with Gasteiger partial charge < -0.3 is 5.73 Å². The van der Waals surface area contributed by atoms with Crippen molar-refractivity contribution in [1.29, 1.82) is 0 Å². The second-order valence-electron chi connectivity index (χ2n) is 5.52. The first-order valence-electron chi connectivity index (χ1n) is 7.56. The van der Waals surface area contributed by atoms with Gasteiger partial charge in [0, 0.05) is 21.5 Å². The van der Waals surface area contributed by atoms with Gasteiger partial charge in [-0.15, -0.1) is 0 Å². The first-order chi connectivity index (χ1) is 12.1. The number of aromatic nitrogens is 3. The Balaban J connectivity index is 1.88. The van der Waals surface area contributed by atoms with Gasteiger partial charge in [-0.1, -0.05) is 53.5 Å². The largest absolute Gasteiger partial charge is 0.368 e. The summed E-state index contributed by atoms with van der Waals surface area (Å²) in [7, 11) is 0. The lowest BCUT2D eigenvalue weighted by Crippen LogP contribution is -1.99. The van der Waals surface area contributed by atoms with E-state index in [2.05, 4.69) is 15.0 Å². The molecule has 0 saturated carbocycles. The maximum atomic E-state index is 6.38. The third-order valence-electron chi connectivity index (χ3n) is 3.84. The minimum Gasteiger partial charge on any atom is -0.368 e. The van der Waals surface area contributed by atoms with Crippen molar-refractivity contribution in [3.8, 4) is 22.5 Å². The zero-order valence-electron chi connectivity index (χ0n) is 12.9. The van der Waals surface area contributed by atoms with Crippen LogP contribution >= 0.6 is 23.2 Å². The van der Waals surface area contributed by atoms with Crippen LogP contribution in [0, 0.1) is 0 Å². The molecule has 2 aromatic carbocycles. The monoisotopic (exact) mass is 366 g/mol. The summed E-state index contributed by atoms with van der Waals surface area (Å²) in [5.74, 6) is 0.173. The van der Waals surface area contributed by atoms with Gasteiger partial charge in [0.2, 0.25) is 5.95 Å². The van der Waals surface area contributed by atoms with Crippen molar-refractivity contribution in [2.45, 2.75) is 0 Å². The molecule has 0 aliphatic carbocycles. The highest BCUT2D eigenvalue weighted by Crippen LogP contribution is 2.31. The summed E-state index contributed by atoms with van der Waals surface area (Å²) >= 11 is 12.3. The van der Waals surface area contributed by atoms with E-state index in [4.69, 9.17) is 28.9 Å². The molecule has 0 radical (unpaired) electrons. The van der Waals surface area contributed by atoms with Crippen LogP contribution in [0.5, 0.6) is 0 Å². The fraction of sp³-hybridized carbons (Fsp3) is 0. The highest BCUT2D eigenvalue weighted by Gasteiger charge is 2.12. The van der Waals surface area contributed by atoms with Crippen molar-refractivity contribution in [2.24, 2.45) is 0 Å². The summed E-state index contributed by atoms with van der Waals surface area (Å²) in [6.07, 6.45) is 0. The number of nitrogens with two attached hydrogens (primary N) is 1. The molecule has 0 amide bonds. The van der Waals surface area contributed by atoms with Gasteiger partial charge in [0.25, 0.3) is 0 Å². The molecule has 2 aromatic heterocycles. The highest BCUT2D eigenvalue weighted by atomic mass is 35.5. The molecule has 2 N–H and O–H groups in total. The van der Waals surface area contributed by atoms with Crippen LogP contribution in [0.15, 0.2) is 60.7 Å². The molecule has 0 saturated heterocycles. The summed E-state index contributed by atoms with van der Waals surface area (Å²) in [4.78, 5) is 13.1. The van der Waals surface area contributed by atoms with Crippen LogP contribution in [0.25, 0.3) is 33.4 Å². The molecule has 0 aliphatic heterocycles. The van der Waals surface area contributed by atoms with Gasteiger partial charge in [-0.25, -0.2) is 15.0 Å². The fourth-order valence-corrected chi connectivity index (χ4v) is 3.01. The number of nitrogens with zero attached hydrogens (tertiary/aromatic N) is 3. The zero-order valence-corrected chi connectivity index (χ0v) is 14.5. The van der Waals surface area contributed by atoms with Gasteiger partial charge in [0.15, 0.2) is 0 Å². The lowest BCUT2D eigenvalue weighted by atomic mass is 10.1. The lowest BCUT2D eigenvalue weighted by molar-refractivity contribution is 1.19. The second-order valence-corrected chi connectivity index (χ2v) is 6.32. The molecular weight excluding hydrogens is 355 g/mol. The molecule has 122 valence electrons. The van der Waals surface area contributed by atoms with Crippen molar-refractivity contribution in [2.75, 3.05) is 5.73 Å². The Morgan fingerprint density at radius 1 is 0.760 bits per heavy atom. The third-order valence-corrected chi connectivity index (χ3v) is 4.38. The first kappa shape index (κ1) is 15.8. The van der Waals surface area contributed by atoms with Crippen LogP contribution in [-0.4, -0.2) is 15.0 Å². The highest BCUT2D eigenvalue weighted by molar-refractivity contribution is 6.32. The molecular formula is C19H12Cl2N4. The van der Waals surface area contributed by atoms with Crippen LogP contribution in [0.3, 0.4) is 0 Å². The summed E-state index contributed by atoms with van der Waals surface area (Å²) in [5.41, 5.74) is 9.67. The van der Waals surface area contributed by atoms with Crippen molar-refractivity contribution in [3.63, 3.8) is 0 Å². The standard InChI is InChI=1S/C19H12Cl2N4/c20-13-7-5-11(6-8-13)16-10-17(25-19(22)24-16)14-9-12-3-1-2-4-15(12)23-18(14)21/h1-10H,(H2,22,24,25). The second kappa shape index (κ2) is 6.31. The van der Waals surface area contributed by atoms with Crippen LogP contribution in [-0.2, 0) is 0 Å². The normalized spacial score (nSPS) is 11.0. The van der Waals surface area contributed by atoms with Gasteiger partial charge in [-0.05, 0) is 30.3 Å². The van der Waals surface area contributed by atoms with Crippen molar-refractivity contribution >= 4 is 40.1 Å². The minimum atomic E-state index is 0.173. The smallest absolute Gasteiger partial charge is 0.221 e. The quantitative estimate of drug-likeness (QED) is 0.492. The van der Waals surface area contributed by atoms with Crippen molar-refractivity contribution in [3.05, 3.63) is 70.8 Å². The Labute approximate surface area is 154 Å². The van der Waals surface area contributed by atoms with Gasteiger partial charge in [0.05, 0.1) is 16.9 Å². The number of pyridine rings is 1. The van der Waals surface area contributed by atoms with E-state index in [-0.39, 0.29) is 5.95 Å². The van der Waals surface area contributed by atoms with Gasteiger partial charge >= 0.3 is 0 Å². The molecule has 25 heavy (non-hydrogen) atoms. The van der Waals surface area contributed by atoms with E-state index in [0.717, 1.165) is 16.5 Å². The first-order valence-corrected chi connectivity index (χ1v) is 8.32. The van der Waals surface area contributed by atoms with Gasteiger partial charge in [0.1, 0.15) is 5.15 Å². The van der Waals surface area contributed by atoms with E-state index in [1.54, 1.807) is 12.1 Å². The molecule has 0 aliphatic rings. The number of rotatable bonds is 2. The summed E-state index contributed by atoms with van der Waals surface area (Å²) in [5, 5.41) is 2.01. The van der Waals surface area contributed by atoms with Crippen LogP contribution < -0.4 is 5.73 Å². The summed E-state index contributed by atoms with van der Waals surface area (Å²) < 4.78 is 0. The average molecular weight is 367 g/mol. The molecule has 6 heteroatoms. The van der Waals surface area contributed by atoms with Crippen molar-refractivity contribution < 1.29 is 0 Å². The fourth-order valence-electron chi connectivity index (χ4n) is 2.64. The Kier molecular flexibility index (Phi) is 3.99. The van der Waals surface area contributed by atoms with Crippen LogP contribution in [0.2, 0.25) is 10.2 Å². The van der Waals surface area contributed by atoms with E-state index < -0.39 is 0 Å². The van der Waals surface area contributed by atoms with Crippen LogP contribution in [0.4, 0.5) is 5.95 Å². The van der Waals surface area contributed by atoms with Gasteiger partial charge in [-0.2, -0.15) is 0 Å². The molecule has 0 fully saturated rings. The Morgan fingerprint density at radius 3 is 2.28 bits per heavy atom. The number of hydrogen-bond donors (Lipinski definition) is 1. The molecule has 2 heterocycles.